The largest absolute Gasteiger partial charge is 0.260 e. The molecule has 52 valence electrons. The fourth-order valence-corrected chi connectivity index (χ4v) is 0.720. The molecule has 0 radical (unpaired) electrons. The Bertz CT molecular complexity index is 199. The van der Waals surface area contributed by atoms with Crippen molar-refractivity contribution in [3.63, 3.8) is 0 Å². The Balaban J connectivity index is 0.000000371. The molecule has 2 nitrogen and oxygen atoms in total. The van der Waals surface area contributed by atoms with E-state index in [1.54, 1.807) is 6.20 Å². The van der Waals surface area contributed by atoms with E-state index < -0.39 is 0 Å². The van der Waals surface area contributed by atoms with E-state index in [2.05, 4.69) is 27.5 Å². The van der Waals surface area contributed by atoms with Crippen LogP contribution in [0.5, 0.6) is 0 Å². The number of rotatable bonds is 0. The van der Waals surface area contributed by atoms with Gasteiger partial charge in [-0.15, -0.1) is 0 Å². The van der Waals surface area contributed by atoms with Crippen LogP contribution in [0.25, 0.3) is 0 Å². The molecule has 0 unspecified atom stereocenters. The lowest BCUT2D eigenvalue weighted by Gasteiger charge is -1.90. The fraction of sp³-hybridized carbons (Fsp3) is 0.143. The number of hydrogen-bond acceptors (Lipinski definition) is 2. The topological polar surface area (TPSA) is 36.7 Å². The minimum absolute atomic E-state index is 1.03. The van der Waals surface area contributed by atoms with E-state index in [0.717, 1.165) is 10.2 Å². The molecule has 0 saturated heterocycles. The molecule has 0 atom stereocenters. The smallest absolute Gasteiger partial charge is 0.0514 e. The molecule has 0 saturated carbocycles. The number of halogens is 1. The van der Waals surface area contributed by atoms with Gasteiger partial charge in [-0.25, -0.2) is 5.26 Å². The summed E-state index contributed by atoms with van der Waals surface area (Å²) in [6, 6.07) is 3.87. The summed E-state index contributed by atoms with van der Waals surface area (Å²) in [5, 5.41) is 6.50. The standard InChI is InChI=1S/C6H6BrN.CHN/c1-5-6(7)3-2-4-8-5;1-2/h2-4H,1H3;1H. The third-order valence-electron chi connectivity index (χ3n) is 0.942. The normalized spacial score (nSPS) is 7.60. The molecule has 0 bridgehead atoms. The molecule has 1 rings (SSSR count). The van der Waals surface area contributed by atoms with Gasteiger partial charge >= 0.3 is 0 Å². The van der Waals surface area contributed by atoms with Gasteiger partial charge in [-0.1, -0.05) is 0 Å². The molecule has 1 aromatic heterocycles. The molecule has 1 heterocycles. The zero-order valence-corrected chi connectivity index (χ0v) is 7.17. The molecular formula is C7H7BrN2. The molecule has 0 N–H and O–H groups in total. The summed E-state index contributed by atoms with van der Waals surface area (Å²) < 4.78 is 1.07. The average molecular weight is 199 g/mol. The molecule has 10 heavy (non-hydrogen) atoms. The molecule has 0 aliphatic rings. The van der Waals surface area contributed by atoms with E-state index in [4.69, 9.17) is 5.26 Å². The predicted molar refractivity (Wildman–Crippen MR) is 43.3 cm³/mol. The van der Waals surface area contributed by atoms with Crippen LogP contribution in [-0.4, -0.2) is 4.98 Å². The summed E-state index contributed by atoms with van der Waals surface area (Å²) in [4.78, 5) is 4.03. The monoisotopic (exact) mass is 198 g/mol. The van der Waals surface area contributed by atoms with Crippen LogP contribution in [0.1, 0.15) is 5.69 Å². The highest BCUT2D eigenvalue weighted by Gasteiger charge is 1.87. The maximum atomic E-state index is 6.50. The summed E-state index contributed by atoms with van der Waals surface area (Å²) in [5.41, 5.74) is 1.03. The first-order valence-corrected chi connectivity index (χ1v) is 3.43. The molecule has 1 aromatic rings. The van der Waals surface area contributed by atoms with E-state index in [-0.39, 0.29) is 0 Å². The highest BCUT2D eigenvalue weighted by Crippen LogP contribution is 2.10. The van der Waals surface area contributed by atoms with Gasteiger partial charge in [-0.05, 0) is 35.0 Å². The second-order valence-electron chi connectivity index (χ2n) is 1.57. The lowest BCUT2D eigenvalue weighted by molar-refractivity contribution is 1.18. The van der Waals surface area contributed by atoms with Gasteiger partial charge in [-0.2, -0.15) is 0 Å². The van der Waals surface area contributed by atoms with E-state index in [1.807, 2.05) is 19.1 Å². The number of nitrogens with zero attached hydrogens (tertiary/aromatic N) is 2. The van der Waals surface area contributed by atoms with Gasteiger partial charge in [0, 0.05) is 17.2 Å². The third-order valence-corrected chi connectivity index (χ3v) is 1.78. The SMILES string of the molecule is C#N.Cc1ncccc1Br. The van der Waals surface area contributed by atoms with Gasteiger partial charge in [0.05, 0.1) is 5.69 Å². The summed E-state index contributed by atoms with van der Waals surface area (Å²) in [5.74, 6) is 0. The zero-order chi connectivity index (χ0) is 7.98. The van der Waals surface area contributed by atoms with Crippen LogP contribution in [0.15, 0.2) is 22.8 Å². The Labute approximate surface area is 68.6 Å². The van der Waals surface area contributed by atoms with Crippen LogP contribution < -0.4 is 0 Å². The minimum Gasteiger partial charge on any atom is -0.260 e. The van der Waals surface area contributed by atoms with Crippen molar-refractivity contribution in [2.45, 2.75) is 6.92 Å². The summed E-state index contributed by atoms with van der Waals surface area (Å²) in [6.07, 6.45) is 1.78. The second kappa shape index (κ2) is 4.95. The van der Waals surface area contributed by atoms with E-state index in [1.165, 1.54) is 0 Å². The molecule has 0 aliphatic carbocycles. The quantitative estimate of drug-likeness (QED) is 0.642. The van der Waals surface area contributed by atoms with Crippen LogP contribution >= 0.6 is 15.9 Å². The maximum Gasteiger partial charge on any atom is 0.0514 e. The van der Waals surface area contributed by atoms with Crippen molar-refractivity contribution in [2.75, 3.05) is 0 Å². The van der Waals surface area contributed by atoms with Crippen molar-refractivity contribution < 1.29 is 0 Å². The van der Waals surface area contributed by atoms with Crippen molar-refractivity contribution in [1.82, 2.24) is 4.98 Å². The number of aryl methyl sites for hydroxylation is 1. The Morgan fingerprint density at radius 1 is 1.60 bits per heavy atom. The van der Waals surface area contributed by atoms with E-state index in [0.29, 0.717) is 0 Å². The summed E-state index contributed by atoms with van der Waals surface area (Å²) in [7, 11) is 0. The van der Waals surface area contributed by atoms with Crippen molar-refractivity contribution >= 4 is 15.9 Å². The first kappa shape index (κ1) is 9.12. The highest BCUT2D eigenvalue weighted by molar-refractivity contribution is 9.10. The molecule has 3 heteroatoms. The van der Waals surface area contributed by atoms with E-state index >= 15 is 0 Å². The van der Waals surface area contributed by atoms with Crippen molar-refractivity contribution in [1.29, 1.82) is 5.26 Å². The second-order valence-corrected chi connectivity index (χ2v) is 2.42. The first-order valence-electron chi connectivity index (χ1n) is 2.63. The predicted octanol–water partition coefficient (Wildman–Crippen LogP) is 2.29. The molecular weight excluding hydrogens is 192 g/mol. The van der Waals surface area contributed by atoms with E-state index in [9.17, 15) is 0 Å². The zero-order valence-electron chi connectivity index (χ0n) is 5.58. The number of aromatic nitrogens is 1. The molecule has 0 aromatic carbocycles. The first-order chi connectivity index (χ1) is 4.80. The van der Waals surface area contributed by atoms with Gasteiger partial charge < -0.3 is 0 Å². The van der Waals surface area contributed by atoms with Crippen LogP contribution in [0.4, 0.5) is 0 Å². The Hall–Kier alpha value is -0.880. The van der Waals surface area contributed by atoms with Crippen LogP contribution in [0, 0.1) is 18.8 Å². The Morgan fingerprint density at radius 3 is 2.50 bits per heavy atom. The third kappa shape index (κ3) is 2.60. The van der Waals surface area contributed by atoms with Gasteiger partial charge in [0.1, 0.15) is 0 Å². The lowest BCUT2D eigenvalue weighted by Crippen LogP contribution is -1.77. The van der Waals surface area contributed by atoms with Crippen molar-refractivity contribution in [3.8, 4) is 6.57 Å². The van der Waals surface area contributed by atoms with Crippen LogP contribution in [-0.2, 0) is 0 Å². The minimum atomic E-state index is 1.03. The fourth-order valence-electron chi connectivity index (χ4n) is 0.465. The van der Waals surface area contributed by atoms with Crippen LogP contribution in [0.3, 0.4) is 0 Å². The molecule has 0 aliphatic heterocycles. The van der Waals surface area contributed by atoms with Gasteiger partial charge in [0.15, 0.2) is 0 Å². The Kier molecular flexibility index (Phi) is 4.51. The Morgan fingerprint density at radius 2 is 2.20 bits per heavy atom. The van der Waals surface area contributed by atoms with Crippen molar-refractivity contribution in [2.24, 2.45) is 0 Å². The van der Waals surface area contributed by atoms with Gasteiger partial charge in [-0.3, -0.25) is 4.98 Å². The van der Waals surface area contributed by atoms with Gasteiger partial charge in [0.2, 0.25) is 0 Å². The van der Waals surface area contributed by atoms with Crippen LogP contribution in [0.2, 0.25) is 0 Å². The molecule has 0 fully saturated rings. The van der Waals surface area contributed by atoms with Gasteiger partial charge in [0.25, 0.3) is 0 Å². The average Bonchev–Trinajstić information content (AvgIpc) is 2.00. The molecule has 0 spiro atoms. The lowest BCUT2D eigenvalue weighted by atomic mass is 10.4. The number of pyridine rings is 1. The van der Waals surface area contributed by atoms with Crippen molar-refractivity contribution in [3.05, 3.63) is 28.5 Å². The highest BCUT2D eigenvalue weighted by atomic mass is 79.9. The summed E-state index contributed by atoms with van der Waals surface area (Å²) >= 11 is 3.33. The molecule has 0 amide bonds. The number of hydrogen-bond donors (Lipinski definition) is 0. The number of nitriles is 1. The maximum absolute atomic E-state index is 6.50. The summed E-state index contributed by atoms with van der Waals surface area (Å²) in [6.45, 7) is 5.46.